The van der Waals surface area contributed by atoms with E-state index in [1.54, 1.807) is 25.1 Å². The number of carbonyl (C=O) groups is 1. The summed E-state index contributed by atoms with van der Waals surface area (Å²) in [6.07, 6.45) is 0. The van der Waals surface area contributed by atoms with E-state index in [1.165, 1.54) is 30.3 Å². The van der Waals surface area contributed by atoms with Crippen molar-refractivity contribution in [3.8, 4) is 6.07 Å². The average Bonchev–Trinajstić information content (AvgIpc) is 2.51. The lowest BCUT2D eigenvalue weighted by atomic mass is 10.2. The molecule has 0 radical (unpaired) electrons. The number of nitrogens with zero attached hydrogens (tertiary/aromatic N) is 2. The Kier molecular flexibility index (Phi) is 5.04. The number of hydrogen-bond donors (Lipinski definition) is 2. The van der Waals surface area contributed by atoms with Crippen molar-refractivity contribution in [2.24, 2.45) is 0 Å². The number of hydrogen-bond acceptors (Lipinski definition) is 3. The predicted molar refractivity (Wildman–Crippen MR) is 87.9 cm³/mol. The molecule has 2 rings (SSSR count). The third-order valence-electron chi connectivity index (χ3n) is 3.23. The molecular formula is C16H14ClFN4O. The first-order valence-electron chi connectivity index (χ1n) is 6.68. The Labute approximate surface area is 138 Å². The Morgan fingerprint density at radius 2 is 2.09 bits per heavy atom. The van der Waals surface area contributed by atoms with Crippen molar-refractivity contribution < 1.29 is 9.18 Å². The zero-order chi connectivity index (χ0) is 17.0. The van der Waals surface area contributed by atoms with Gasteiger partial charge in [-0.15, -0.1) is 0 Å². The number of halogens is 2. The van der Waals surface area contributed by atoms with Crippen LogP contribution >= 0.6 is 11.6 Å². The van der Waals surface area contributed by atoms with Gasteiger partial charge in [-0.25, -0.2) is 14.6 Å². The lowest BCUT2D eigenvalue weighted by Gasteiger charge is -2.22. The zero-order valence-electron chi connectivity index (χ0n) is 12.5. The van der Waals surface area contributed by atoms with Crippen molar-refractivity contribution in [3.63, 3.8) is 0 Å². The van der Waals surface area contributed by atoms with Crippen LogP contribution in [-0.4, -0.2) is 13.1 Å². The van der Waals surface area contributed by atoms with Crippen molar-refractivity contribution in [3.05, 3.63) is 58.4 Å². The van der Waals surface area contributed by atoms with Crippen LogP contribution in [0.4, 0.5) is 20.6 Å². The van der Waals surface area contributed by atoms with Gasteiger partial charge in [0.15, 0.2) is 0 Å². The van der Waals surface area contributed by atoms with Crippen molar-refractivity contribution in [1.29, 1.82) is 5.26 Å². The molecule has 0 saturated heterocycles. The summed E-state index contributed by atoms with van der Waals surface area (Å²) in [4.78, 5) is 12.1. The monoisotopic (exact) mass is 332 g/mol. The summed E-state index contributed by atoms with van der Waals surface area (Å²) in [6.45, 7) is 1.78. The predicted octanol–water partition coefficient (Wildman–Crippen LogP) is 3.83. The molecule has 5 nitrogen and oxygen atoms in total. The van der Waals surface area contributed by atoms with E-state index in [9.17, 15) is 9.18 Å². The molecule has 0 bridgehead atoms. The lowest BCUT2D eigenvalue weighted by Crippen LogP contribution is -2.42. The van der Waals surface area contributed by atoms with Crippen molar-refractivity contribution in [2.75, 3.05) is 17.4 Å². The van der Waals surface area contributed by atoms with Crippen LogP contribution in [0.15, 0.2) is 36.4 Å². The number of carbonyl (C=O) groups excluding carboxylic acids is 1. The number of nitrogens with one attached hydrogen (secondary N) is 2. The molecule has 0 aliphatic rings. The summed E-state index contributed by atoms with van der Waals surface area (Å²) in [5.41, 5.74) is 4.30. The highest BCUT2D eigenvalue weighted by molar-refractivity contribution is 6.31. The number of nitriles is 1. The molecular weight excluding hydrogens is 319 g/mol. The molecule has 2 aromatic rings. The second kappa shape index (κ2) is 6.99. The Balaban J connectivity index is 2.13. The highest BCUT2D eigenvalue weighted by atomic mass is 35.5. The van der Waals surface area contributed by atoms with E-state index in [0.29, 0.717) is 10.7 Å². The lowest BCUT2D eigenvalue weighted by molar-refractivity contribution is 0.251. The Bertz CT molecular complexity index is 788. The van der Waals surface area contributed by atoms with Crippen LogP contribution in [0.1, 0.15) is 11.1 Å². The van der Waals surface area contributed by atoms with Crippen LogP contribution in [0.5, 0.6) is 0 Å². The van der Waals surface area contributed by atoms with E-state index in [4.69, 9.17) is 16.9 Å². The number of urea groups is 1. The largest absolute Gasteiger partial charge is 0.338 e. The van der Waals surface area contributed by atoms with Gasteiger partial charge in [-0.05, 0) is 36.8 Å². The molecule has 0 spiro atoms. The molecule has 23 heavy (non-hydrogen) atoms. The fraction of sp³-hybridized carbons (Fsp3) is 0.125. The minimum atomic E-state index is -0.536. The minimum absolute atomic E-state index is 0.244. The second-order valence-corrected chi connectivity index (χ2v) is 5.22. The highest BCUT2D eigenvalue weighted by Crippen LogP contribution is 2.23. The van der Waals surface area contributed by atoms with Gasteiger partial charge >= 0.3 is 6.03 Å². The smallest absolute Gasteiger partial charge is 0.306 e. The molecule has 0 fully saturated rings. The fourth-order valence-corrected chi connectivity index (χ4v) is 2.16. The van der Waals surface area contributed by atoms with Crippen LogP contribution < -0.4 is 15.8 Å². The molecule has 0 heterocycles. The van der Waals surface area contributed by atoms with Crippen LogP contribution in [0.2, 0.25) is 5.02 Å². The molecule has 0 aliphatic carbocycles. The third-order valence-corrected chi connectivity index (χ3v) is 3.64. The number of amides is 2. The van der Waals surface area contributed by atoms with Gasteiger partial charge in [0.2, 0.25) is 0 Å². The Morgan fingerprint density at radius 1 is 1.35 bits per heavy atom. The van der Waals surface area contributed by atoms with Gasteiger partial charge in [-0.3, -0.25) is 5.01 Å². The standard InChI is InChI=1S/C16H14ClFN4O/c1-10-13(17)4-3-5-14(10)20-16(23)21-22(2)15-8-12(18)7-6-11(15)9-19/h3-8H,1-2H3,(H2,20,21,23). The molecule has 118 valence electrons. The van der Waals surface area contributed by atoms with Crippen LogP contribution in [0.3, 0.4) is 0 Å². The molecule has 0 unspecified atom stereocenters. The molecule has 0 atom stereocenters. The average molecular weight is 333 g/mol. The second-order valence-electron chi connectivity index (χ2n) is 4.81. The topological polar surface area (TPSA) is 68.2 Å². The number of anilines is 2. The van der Waals surface area contributed by atoms with Crippen molar-refractivity contribution >= 4 is 29.0 Å². The van der Waals surface area contributed by atoms with E-state index in [1.807, 2.05) is 6.07 Å². The maximum atomic E-state index is 13.3. The molecule has 2 aromatic carbocycles. The Morgan fingerprint density at radius 3 is 2.78 bits per heavy atom. The molecule has 7 heteroatoms. The minimum Gasteiger partial charge on any atom is -0.306 e. The first-order chi connectivity index (χ1) is 10.9. The summed E-state index contributed by atoms with van der Waals surface area (Å²) in [6, 6.07) is 10.3. The molecule has 2 amide bonds. The summed E-state index contributed by atoms with van der Waals surface area (Å²) >= 11 is 6.00. The van der Waals surface area contributed by atoms with Crippen molar-refractivity contribution in [2.45, 2.75) is 6.92 Å². The molecule has 0 saturated carbocycles. The maximum Gasteiger partial charge on any atom is 0.338 e. The van der Waals surface area contributed by atoms with Gasteiger partial charge in [0.05, 0.1) is 11.3 Å². The first kappa shape index (κ1) is 16.6. The van der Waals surface area contributed by atoms with E-state index >= 15 is 0 Å². The quantitative estimate of drug-likeness (QED) is 0.839. The van der Waals surface area contributed by atoms with Gasteiger partial charge in [0.1, 0.15) is 11.9 Å². The summed E-state index contributed by atoms with van der Waals surface area (Å²) in [7, 11) is 1.51. The number of benzene rings is 2. The van der Waals surface area contributed by atoms with Gasteiger partial charge in [0, 0.05) is 23.8 Å². The summed E-state index contributed by atoms with van der Waals surface area (Å²) < 4.78 is 13.3. The van der Waals surface area contributed by atoms with Gasteiger partial charge in [-0.2, -0.15) is 5.26 Å². The Hall–Kier alpha value is -2.78. The van der Waals surface area contributed by atoms with E-state index in [-0.39, 0.29) is 11.3 Å². The van der Waals surface area contributed by atoms with Crippen LogP contribution in [0, 0.1) is 24.1 Å². The first-order valence-corrected chi connectivity index (χ1v) is 7.06. The van der Waals surface area contributed by atoms with Gasteiger partial charge < -0.3 is 5.32 Å². The number of hydrazine groups is 1. The SMILES string of the molecule is Cc1c(Cl)cccc1NC(=O)NN(C)c1cc(F)ccc1C#N. The van der Waals surface area contributed by atoms with E-state index in [0.717, 1.165) is 5.56 Å². The van der Waals surface area contributed by atoms with Gasteiger partial charge in [-0.1, -0.05) is 17.7 Å². The van der Waals surface area contributed by atoms with Crippen LogP contribution in [-0.2, 0) is 0 Å². The maximum absolute atomic E-state index is 13.3. The third kappa shape index (κ3) is 3.90. The summed E-state index contributed by atoms with van der Waals surface area (Å²) in [5, 5.41) is 13.5. The summed E-state index contributed by atoms with van der Waals surface area (Å²) in [5.74, 6) is -0.501. The molecule has 2 N–H and O–H groups in total. The molecule has 0 aromatic heterocycles. The zero-order valence-corrected chi connectivity index (χ0v) is 13.3. The van der Waals surface area contributed by atoms with E-state index in [2.05, 4.69) is 10.7 Å². The normalized spacial score (nSPS) is 9.87. The van der Waals surface area contributed by atoms with Gasteiger partial charge in [0.25, 0.3) is 0 Å². The van der Waals surface area contributed by atoms with Crippen molar-refractivity contribution in [1.82, 2.24) is 5.43 Å². The van der Waals surface area contributed by atoms with Crippen LogP contribution in [0.25, 0.3) is 0 Å². The number of rotatable bonds is 3. The molecule has 0 aliphatic heterocycles. The fourth-order valence-electron chi connectivity index (χ4n) is 1.98. The van der Waals surface area contributed by atoms with E-state index < -0.39 is 11.8 Å². The highest BCUT2D eigenvalue weighted by Gasteiger charge is 2.12.